The van der Waals surface area contributed by atoms with E-state index in [9.17, 15) is 17.2 Å². The molecule has 1 aliphatic heterocycles. The average Bonchev–Trinajstić information content (AvgIpc) is 3.33. The summed E-state index contributed by atoms with van der Waals surface area (Å²) in [5.41, 5.74) is 0.323. The van der Waals surface area contributed by atoms with E-state index >= 15 is 0 Å². The molecule has 3 aromatic rings. The number of thiophene rings is 1. The van der Waals surface area contributed by atoms with Crippen molar-refractivity contribution in [3.05, 3.63) is 66.4 Å². The number of piperidine rings is 1. The van der Waals surface area contributed by atoms with E-state index in [-0.39, 0.29) is 16.9 Å². The molecule has 0 bridgehead atoms. The summed E-state index contributed by atoms with van der Waals surface area (Å²) in [4.78, 5) is 7.29. The second-order valence-corrected chi connectivity index (χ2v) is 11.9. The van der Waals surface area contributed by atoms with Crippen LogP contribution in [0.2, 0.25) is 0 Å². The zero-order valence-electron chi connectivity index (χ0n) is 19.0. The maximum Gasteiger partial charge on any atom is 0.250 e. The van der Waals surface area contributed by atoms with Gasteiger partial charge in [0.1, 0.15) is 16.1 Å². The second kappa shape index (κ2) is 10.1. The van der Waals surface area contributed by atoms with Crippen LogP contribution in [-0.4, -0.2) is 49.6 Å². The first-order chi connectivity index (χ1) is 16.1. The van der Waals surface area contributed by atoms with E-state index in [0.29, 0.717) is 31.7 Å². The predicted octanol–water partition coefficient (Wildman–Crippen LogP) is 4.69. The molecule has 0 amide bonds. The number of nitrogens with one attached hydrogen (secondary N) is 1. The highest BCUT2D eigenvalue weighted by Crippen LogP contribution is 2.30. The topological polar surface area (TPSA) is 71.5 Å². The summed E-state index contributed by atoms with van der Waals surface area (Å²) < 4.78 is 61.1. The Morgan fingerprint density at radius 1 is 1.12 bits per heavy atom. The van der Waals surface area contributed by atoms with Crippen LogP contribution in [0.25, 0.3) is 10.6 Å². The Labute approximate surface area is 202 Å². The van der Waals surface area contributed by atoms with Crippen LogP contribution in [0, 0.1) is 11.6 Å². The number of nitrogens with zero attached hydrogens (tertiary/aromatic N) is 2. The first-order valence-corrected chi connectivity index (χ1v) is 13.3. The fourth-order valence-corrected chi connectivity index (χ4v) is 6.42. The minimum Gasteiger partial charge on any atom is -0.490 e. The van der Waals surface area contributed by atoms with Crippen LogP contribution in [0.5, 0.6) is 5.75 Å². The third-order valence-corrected chi connectivity index (χ3v) is 8.95. The lowest BCUT2D eigenvalue weighted by molar-refractivity contribution is 0.0429. The van der Waals surface area contributed by atoms with Gasteiger partial charge in [-0.3, -0.25) is 9.88 Å². The van der Waals surface area contributed by atoms with Crippen molar-refractivity contribution in [2.24, 2.45) is 0 Å². The van der Waals surface area contributed by atoms with E-state index in [1.165, 1.54) is 17.4 Å². The summed E-state index contributed by atoms with van der Waals surface area (Å²) in [5.74, 6) is -1.52. The number of halogens is 2. The number of ether oxygens (including phenoxy) is 1. The van der Waals surface area contributed by atoms with Gasteiger partial charge in [-0.05, 0) is 63.1 Å². The summed E-state index contributed by atoms with van der Waals surface area (Å²) in [5, 5.41) is 0. The minimum atomic E-state index is -3.66. The Hall–Kier alpha value is -2.40. The lowest BCUT2D eigenvalue weighted by Gasteiger charge is -2.42. The fourth-order valence-electron chi connectivity index (χ4n) is 3.89. The van der Waals surface area contributed by atoms with Crippen LogP contribution < -0.4 is 9.46 Å². The number of hydrogen-bond acceptors (Lipinski definition) is 6. The van der Waals surface area contributed by atoms with Gasteiger partial charge in [-0.25, -0.2) is 21.9 Å². The molecule has 0 atom stereocenters. The third-order valence-electron chi connectivity index (χ3n) is 5.95. The normalized spacial score (nSPS) is 16.0. The highest BCUT2D eigenvalue weighted by atomic mass is 32.2. The van der Waals surface area contributed by atoms with Gasteiger partial charge in [-0.15, -0.1) is 11.3 Å². The van der Waals surface area contributed by atoms with Gasteiger partial charge in [0.15, 0.2) is 11.6 Å². The monoisotopic (exact) mass is 507 g/mol. The van der Waals surface area contributed by atoms with Crippen molar-refractivity contribution in [1.29, 1.82) is 0 Å². The van der Waals surface area contributed by atoms with Gasteiger partial charge >= 0.3 is 0 Å². The summed E-state index contributed by atoms with van der Waals surface area (Å²) in [6, 6.07) is 12.4. The van der Waals surface area contributed by atoms with Crippen molar-refractivity contribution in [3.63, 3.8) is 0 Å². The van der Waals surface area contributed by atoms with Crippen LogP contribution in [0.1, 0.15) is 26.7 Å². The van der Waals surface area contributed by atoms with E-state index in [1.807, 2.05) is 32.0 Å². The molecule has 1 aromatic carbocycles. The quantitative estimate of drug-likeness (QED) is 0.479. The van der Waals surface area contributed by atoms with Gasteiger partial charge in [0.2, 0.25) is 10.0 Å². The van der Waals surface area contributed by atoms with Crippen LogP contribution in [0.3, 0.4) is 0 Å². The maximum absolute atomic E-state index is 13.4. The second-order valence-electron chi connectivity index (χ2n) is 8.85. The minimum absolute atomic E-state index is 0.107. The number of likely N-dealkylation sites (tertiary alicyclic amines) is 1. The molecule has 4 rings (SSSR count). The van der Waals surface area contributed by atoms with Crippen molar-refractivity contribution >= 4 is 21.4 Å². The molecule has 3 heterocycles. The van der Waals surface area contributed by atoms with Crippen LogP contribution >= 0.6 is 11.3 Å². The standard InChI is InChI=1S/C24H27F2N3O3S2/c1-24(2,29-13-10-17(11-14-29)32-18-6-7-19(25)20(26)15-18)16-28-34(30,31)23-9-8-22(33-23)21-5-3-4-12-27-21/h3-9,12,15,17,28H,10-11,13-14,16H2,1-2H3. The summed E-state index contributed by atoms with van der Waals surface area (Å²) in [6.07, 6.45) is 2.97. The number of pyridine rings is 1. The molecule has 10 heteroatoms. The van der Waals surface area contributed by atoms with E-state index in [4.69, 9.17) is 4.74 Å². The van der Waals surface area contributed by atoms with Gasteiger partial charge < -0.3 is 4.74 Å². The zero-order chi connectivity index (χ0) is 24.3. The van der Waals surface area contributed by atoms with E-state index in [0.717, 1.165) is 22.7 Å². The number of sulfonamides is 1. The molecule has 0 aliphatic carbocycles. The van der Waals surface area contributed by atoms with Gasteiger partial charge in [0, 0.05) is 37.4 Å². The van der Waals surface area contributed by atoms with Crippen LogP contribution in [-0.2, 0) is 10.0 Å². The lowest BCUT2D eigenvalue weighted by atomic mass is 9.97. The molecule has 34 heavy (non-hydrogen) atoms. The van der Waals surface area contributed by atoms with Crippen LogP contribution in [0.15, 0.2) is 58.9 Å². The molecule has 6 nitrogen and oxygen atoms in total. The van der Waals surface area contributed by atoms with Crippen molar-refractivity contribution in [1.82, 2.24) is 14.6 Å². The largest absolute Gasteiger partial charge is 0.490 e. The molecule has 0 unspecified atom stereocenters. The average molecular weight is 508 g/mol. The van der Waals surface area contributed by atoms with Gasteiger partial charge in [-0.2, -0.15) is 0 Å². The Kier molecular flexibility index (Phi) is 7.32. The van der Waals surface area contributed by atoms with E-state index < -0.39 is 27.2 Å². The highest BCUT2D eigenvalue weighted by molar-refractivity contribution is 7.91. The number of aromatic nitrogens is 1. The SMILES string of the molecule is CC(C)(CNS(=O)(=O)c1ccc(-c2ccccn2)s1)N1CCC(Oc2ccc(F)c(F)c2)CC1. The number of rotatable bonds is 8. The van der Waals surface area contributed by atoms with Gasteiger partial charge in [-0.1, -0.05) is 6.07 Å². The molecule has 1 aliphatic rings. The molecule has 0 radical (unpaired) electrons. The third kappa shape index (κ3) is 5.80. The van der Waals surface area contributed by atoms with Crippen molar-refractivity contribution in [2.45, 2.75) is 42.5 Å². The summed E-state index contributed by atoms with van der Waals surface area (Å²) in [6.45, 7) is 5.65. The molecule has 0 saturated carbocycles. The van der Waals surface area contributed by atoms with Crippen molar-refractivity contribution in [2.75, 3.05) is 19.6 Å². The molecular formula is C24H27F2N3O3S2. The molecule has 1 saturated heterocycles. The Morgan fingerprint density at radius 2 is 1.88 bits per heavy atom. The van der Waals surface area contributed by atoms with Gasteiger partial charge in [0.05, 0.1) is 10.6 Å². The smallest absolute Gasteiger partial charge is 0.250 e. The lowest BCUT2D eigenvalue weighted by Crippen LogP contribution is -2.55. The Morgan fingerprint density at radius 3 is 2.56 bits per heavy atom. The summed E-state index contributed by atoms with van der Waals surface area (Å²) in [7, 11) is -3.66. The van der Waals surface area contributed by atoms with E-state index in [1.54, 1.807) is 18.3 Å². The molecule has 182 valence electrons. The Balaban J connectivity index is 1.31. The highest BCUT2D eigenvalue weighted by Gasteiger charge is 2.33. The molecular weight excluding hydrogens is 480 g/mol. The Bertz CT molecular complexity index is 1230. The fraction of sp³-hybridized carbons (Fsp3) is 0.375. The predicted molar refractivity (Wildman–Crippen MR) is 128 cm³/mol. The van der Waals surface area contributed by atoms with Crippen molar-refractivity contribution < 1.29 is 21.9 Å². The number of benzene rings is 1. The molecule has 0 spiro atoms. The maximum atomic E-state index is 13.4. The first kappa shape index (κ1) is 24.7. The van der Waals surface area contributed by atoms with Crippen LogP contribution in [0.4, 0.5) is 8.78 Å². The van der Waals surface area contributed by atoms with Gasteiger partial charge in [0.25, 0.3) is 0 Å². The van der Waals surface area contributed by atoms with Crippen molar-refractivity contribution in [3.8, 4) is 16.3 Å². The zero-order valence-corrected chi connectivity index (χ0v) is 20.6. The molecule has 1 N–H and O–H groups in total. The number of hydrogen-bond donors (Lipinski definition) is 1. The summed E-state index contributed by atoms with van der Waals surface area (Å²) >= 11 is 1.19. The first-order valence-electron chi connectivity index (χ1n) is 11.0. The molecule has 1 fully saturated rings. The van der Waals surface area contributed by atoms with E-state index in [2.05, 4.69) is 14.6 Å². The molecule has 2 aromatic heterocycles.